The van der Waals surface area contributed by atoms with E-state index >= 15 is 0 Å². The van der Waals surface area contributed by atoms with Crippen molar-refractivity contribution in [3.8, 4) is 17.6 Å². The molecule has 2 saturated heterocycles. The minimum absolute atomic E-state index is 0.00435. The van der Waals surface area contributed by atoms with Gasteiger partial charge in [-0.25, -0.2) is 0 Å². The average molecular weight is 606 g/mol. The zero-order valence-corrected chi connectivity index (χ0v) is 25.5. The summed E-state index contributed by atoms with van der Waals surface area (Å²) in [6.45, 7) is 4.13. The third-order valence-electron chi connectivity index (χ3n) is 6.82. The van der Waals surface area contributed by atoms with E-state index in [1.54, 1.807) is 25.6 Å². The van der Waals surface area contributed by atoms with Crippen molar-refractivity contribution in [1.82, 2.24) is 4.90 Å². The predicted molar refractivity (Wildman–Crippen MR) is 161 cm³/mol. The van der Waals surface area contributed by atoms with Crippen molar-refractivity contribution in [1.29, 1.82) is 5.26 Å². The minimum Gasteiger partial charge on any atom is -0.493 e. The number of ether oxygens (including phenoxy) is 3. The Balaban J connectivity index is 0.000000850. The van der Waals surface area contributed by atoms with Crippen molar-refractivity contribution in [2.45, 2.75) is 44.6 Å². The molecule has 12 heteroatoms. The number of anilines is 1. The third-order valence-corrected chi connectivity index (χ3v) is 7.91. The van der Waals surface area contributed by atoms with Crippen LogP contribution in [0.1, 0.15) is 49.0 Å². The van der Waals surface area contributed by atoms with Gasteiger partial charge in [-0.1, -0.05) is 12.8 Å². The molecule has 1 aromatic heterocycles. The third kappa shape index (κ3) is 11.0. The maximum atomic E-state index is 12.4. The first kappa shape index (κ1) is 32.4. The number of hydrogen-bond acceptors (Lipinski definition) is 10. The van der Waals surface area contributed by atoms with Crippen LogP contribution >= 0.6 is 11.3 Å². The van der Waals surface area contributed by atoms with Gasteiger partial charge in [0.2, 0.25) is 0 Å². The fourth-order valence-corrected chi connectivity index (χ4v) is 5.81. The smallest absolute Gasteiger partial charge is 0.320 e. The van der Waals surface area contributed by atoms with E-state index in [-0.39, 0.29) is 12.1 Å². The van der Waals surface area contributed by atoms with Crippen molar-refractivity contribution in [3.63, 3.8) is 0 Å². The number of esters is 1. The first-order valence-corrected chi connectivity index (χ1v) is 16.3. The summed E-state index contributed by atoms with van der Waals surface area (Å²) in [5.74, 6) is 1.14. The van der Waals surface area contributed by atoms with Crippen LogP contribution in [-0.4, -0.2) is 83.1 Å². The second kappa shape index (κ2) is 15.8. The molecule has 0 spiro atoms. The lowest BCUT2D eigenvalue weighted by Gasteiger charge is -2.32. The summed E-state index contributed by atoms with van der Waals surface area (Å²) in [7, 11) is -0.488. The molecule has 2 fully saturated rings. The van der Waals surface area contributed by atoms with E-state index in [4.69, 9.17) is 18.8 Å². The molecule has 41 heavy (non-hydrogen) atoms. The minimum atomic E-state index is -3.67. The van der Waals surface area contributed by atoms with E-state index in [9.17, 15) is 18.5 Å². The van der Waals surface area contributed by atoms with Crippen LogP contribution in [0.15, 0.2) is 30.3 Å². The molecule has 1 aromatic carbocycles. The highest BCUT2D eigenvalue weighted by Gasteiger charge is 2.24. The lowest BCUT2D eigenvalue weighted by atomic mass is 10.1. The summed E-state index contributed by atoms with van der Waals surface area (Å²) in [6, 6.07) is 12.0. The second-order valence-electron chi connectivity index (χ2n) is 10.0. The average Bonchev–Trinajstić information content (AvgIpc) is 3.26. The van der Waals surface area contributed by atoms with Gasteiger partial charge >= 0.3 is 5.97 Å². The van der Waals surface area contributed by atoms with Crippen molar-refractivity contribution in [3.05, 3.63) is 40.8 Å². The number of piperidine rings is 1. The molecule has 10 nitrogen and oxygen atoms in total. The molecule has 0 aliphatic carbocycles. The monoisotopic (exact) mass is 605 g/mol. The summed E-state index contributed by atoms with van der Waals surface area (Å²) in [4.78, 5) is 18.0. The maximum Gasteiger partial charge on any atom is 0.320 e. The number of nitrogens with zero attached hydrogens (tertiary/aromatic N) is 3. The van der Waals surface area contributed by atoms with Gasteiger partial charge < -0.3 is 19.1 Å². The molecule has 0 unspecified atom stereocenters. The molecule has 0 amide bonds. The first-order valence-electron chi connectivity index (χ1n) is 13.6. The van der Waals surface area contributed by atoms with Gasteiger partial charge in [0.1, 0.15) is 6.10 Å². The Morgan fingerprint density at radius 1 is 1.05 bits per heavy atom. The number of carbonyl (C=O) groups excluding carboxylic acids is 1. The van der Waals surface area contributed by atoms with E-state index in [0.29, 0.717) is 29.9 Å². The van der Waals surface area contributed by atoms with Crippen molar-refractivity contribution in [2.75, 3.05) is 58.1 Å². The number of allylic oxidation sites excluding steroid dienone is 1. The van der Waals surface area contributed by atoms with Crippen LogP contribution in [-0.2, 0) is 19.6 Å². The normalized spacial score (nSPS) is 17.0. The fraction of sp³-hybridized carbons (Fsp3) is 0.517. The van der Waals surface area contributed by atoms with Crippen molar-refractivity contribution in [2.24, 2.45) is 0 Å². The van der Waals surface area contributed by atoms with Gasteiger partial charge in [0.25, 0.3) is 10.1 Å². The van der Waals surface area contributed by atoms with Gasteiger partial charge in [-0.3, -0.25) is 14.2 Å². The number of likely N-dealkylation sites (tertiary alicyclic amines) is 1. The fourth-order valence-electron chi connectivity index (χ4n) is 4.81. The van der Waals surface area contributed by atoms with Gasteiger partial charge in [0.05, 0.1) is 43.7 Å². The molecule has 2 aliphatic heterocycles. The zero-order valence-electron chi connectivity index (χ0n) is 23.9. The van der Waals surface area contributed by atoms with Crippen LogP contribution in [0.5, 0.6) is 11.5 Å². The van der Waals surface area contributed by atoms with E-state index in [0.717, 1.165) is 49.5 Å². The molecule has 3 heterocycles. The lowest BCUT2D eigenvalue weighted by molar-refractivity contribution is -0.151. The van der Waals surface area contributed by atoms with Crippen LogP contribution in [0, 0.1) is 11.3 Å². The van der Waals surface area contributed by atoms with Crippen LogP contribution in [0.25, 0.3) is 11.6 Å². The largest absolute Gasteiger partial charge is 0.493 e. The van der Waals surface area contributed by atoms with E-state index in [1.807, 2.05) is 30.3 Å². The lowest BCUT2D eigenvalue weighted by Crippen LogP contribution is -2.39. The number of carbonyl (C=O) groups is 1. The second-order valence-corrected chi connectivity index (χ2v) is 12.6. The number of benzene rings is 1. The molecule has 2 aromatic rings. The number of thiophene rings is 1. The Bertz CT molecular complexity index is 1310. The molecular formula is C29H39N3O7S2. The SMILES string of the molecule is COc1ccc(C(C#N)=Cc2ccc(N3CCC(OC(=O)CN4CCCCCC4)CC3)s2)cc1OC.CS(=O)(=O)O. The van der Waals surface area contributed by atoms with Gasteiger partial charge in [0.15, 0.2) is 11.5 Å². The summed E-state index contributed by atoms with van der Waals surface area (Å²) in [5, 5.41) is 10.9. The Labute approximate surface area is 246 Å². The molecular weight excluding hydrogens is 566 g/mol. The Morgan fingerprint density at radius 3 is 2.27 bits per heavy atom. The van der Waals surface area contributed by atoms with Gasteiger partial charge in [0, 0.05) is 30.8 Å². The highest BCUT2D eigenvalue weighted by Crippen LogP contribution is 2.34. The molecule has 0 saturated carbocycles. The number of hydrogen-bond donors (Lipinski definition) is 1. The highest BCUT2D eigenvalue weighted by atomic mass is 32.2. The molecule has 2 aliphatic rings. The van der Waals surface area contributed by atoms with Crippen LogP contribution < -0.4 is 14.4 Å². The first-order chi connectivity index (χ1) is 19.6. The molecule has 0 radical (unpaired) electrons. The quantitative estimate of drug-likeness (QED) is 0.256. The topological polar surface area (TPSA) is 129 Å². The Hall–Kier alpha value is -3.11. The number of methoxy groups -OCH3 is 2. The molecule has 4 rings (SSSR count). The summed E-state index contributed by atoms with van der Waals surface area (Å²) >= 11 is 1.66. The van der Waals surface area contributed by atoms with Gasteiger partial charge in [-0.05, 0) is 67.9 Å². The molecule has 0 atom stereocenters. The summed E-state index contributed by atoms with van der Waals surface area (Å²) in [5.41, 5.74) is 1.35. The maximum absolute atomic E-state index is 12.4. The van der Waals surface area contributed by atoms with Crippen LogP contribution in [0.3, 0.4) is 0 Å². The van der Waals surface area contributed by atoms with Gasteiger partial charge in [-0.15, -0.1) is 11.3 Å². The predicted octanol–water partition coefficient (Wildman–Crippen LogP) is 4.72. The molecule has 224 valence electrons. The van der Waals surface area contributed by atoms with E-state index < -0.39 is 10.1 Å². The van der Waals surface area contributed by atoms with Crippen molar-refractivity contribution < 1.29 is 32.0 Å². The number of nitriles is 1. The van der Waals surface area contributed by atoms with Crippen LogP contribution in [0.2, 0.25) is 0 Å². The summed E-state index contributed by atoms with van der Waals surface area (Å²) in [6.07, 6.45) is 9.17. The van der Waals surface area contributed by atoms with Crippen LogP contribution in [0.4, 0.5) is 5.00 Å². The zero-order chi connectivity index (χ0) is 29.8. The number of rotatable bonds is 8. The Kier molecular flexibility index (Phi) is 12.5. The summed E-state index contributed by atoms with van der Waals surface area (Å²) < 4.78 is 42.4. The van der Waals surface area contributed by atoms with E-state index in [1.165, 1.54) is 30.7 Å². The molecule has 1 N–H and O–H groups in total. The highest BCUT2D eigenvalue weighted by molar-refractivity contribution is 7.85. The van der Waals surface area contributed by atoms with Crippen molar-refractivity contribution >= 4 is 44.1 Å². The van der Waals surface area contributed by atoms with Gasteiger partial charge in [-0.2, -0.15) is 13.7 Å². The Morgan fingerprint density at radius 2 is 1.68 bits per heavy atom. The molecule has 0 bridgehead atoms. The van der Waals surface area contributed by atoms with E-state index in [2.05, 4.69) is 21.9 Å². The standard InChI is InChI=1S/C28H35N3O4S.CH4O3S/c1-33-25-9-7-21(18-26(25)34-2)22(19-29)17-24-8-10-27(36-24)31-15-11-23(12-16-31)35-28(32)20-30-13-5-3-4-6-14-30;1-5(2,3)4/h7-10,17-18,23H,3-6,11-16,20H2,1-2H3;1H3,(H,2,3,4).